The van der Waals surface area contributed by atoms with E-state index in [9.17, 15) is 24.2 Å². The number of aliphatic hydroxyl groups excluding tert-OH is 2. The van der Waals surface area contributed by atoms with Crippen LogP contribution >= 0.6 is 0 Å². The number of carbonyl (C=O) groups is 2. The monoisotopic (exact) mass is 482 g/mol. The number of para-hydroxylation sites is 1. The Morgan fingerprint density at radius 2 is 1.71 bits per heavy atom. The van der Waals surface area contributed by atoms with E-state index >= 15 is 0 Å². The molecule has 0 aliphatic carbocycles. The summed E-state index contributed by atoms with van der Waals surface area (Å²) in [6.07, 6.45) is 0.719. The van der Waals surface area contributed by atoms with Crippen molar-refractivity contribution in [2.45, 2.75) is 57.9 Å². The van der Waals surface area contributed by atoms with E-state index in [1.54, 1.807) is 24.3 Å². The summed E-state index contributed by atoms with van der Waals surface area (Å²) >= 11 is 0. The zero-order valence-corrected chi connectivity index (χ0v) is 20.0. The molecule has 0 aliphatic heterocycles. The summed E-state index contributed by atoms with van der Waals surface area (Å²) in [6.45, 7) is 5.43. The van der Waals surface area contributed by atoms with E-state index in [0.29, 0.717) is 0 Å². The van der Waals surface area contributed by atoms with E-state index in [4.69, 9.17) is 5.11 Å². The molecule has 35 heavy (non-hydrogen) atoms. The predicted molar refractivity (Wildman–Crippen MR) is 133 cm³/mol. The Morgan fingerprint density at radius 3 is 2.34 bits per heavy atom. The number of rotatable bonds is 10. The van der Waals surface area contributed by atoms with Gasteiger partial charge < -0.3 is 25.2 Å². The van der Waals surface area contributed by atoms with Crippen LogP contribution in [0.5, 0.6) is 0 Å². The number of halogens is 1. The van der Waals surface area contributed by atoms with E-state index in [1.165, 1.54) is 19.1 Å². The molecule has 1 heterocycles. The maximum atomic E-state index is 13.6. The topological polar surface area (TPSA) is 112 Å². The number of nitrogens with zero attached hydrogens (tertiary/aromatic N) is 1. The molecule has 4 N–H and O–H groups in total. The highest BCUT2D eigenvalue weighted by atomic mass is 19.1. The Kier molecular flexibility index (Phi) is 8.43. The minimum Gasteiger partial charge on any atom is -0.480 e. The lowest BCUT2D eigenvalue weighted by Gasteiger charge is -2.16. The van der Waals surface area contributed by atoms with Gasteiger partial charge in [0.15, 0.2) is 0 Å². The van der Waals surface area contributed by atoms with Gasteiger partial charge in [0.2, 0.25) is 5.91 Å². The molecule has 1 amide bonds. The van der Waals surface area contributed by atoms with Gasteiger partial charge in [0.05, 0.1) is 18.6 Å². The summed E-state index contributed by atoms with van der Waals surface area (Å²) < 4.78 is 15.7. The summed E-state index contributed by atoms with van der Waals surface area (Å²) in [6, 6.07) is 13.2. The van der Waals surface area contributed by atoms with E-state index in [-0.39, 0.29) is 24.7 Å². The van der Waals surface area contributed by atoms with E-state index < -0.39 is 30.1 Å². The number of nitrogens with one attached hydrogen (secondary N) is 1. The van der Waals surface area contributed by atoms with Gasteiger partial charge in [0.25, 0.3) is 0 Å². The lowest BCUT2D eigenvalue weighted by atomic mass is 10.0. The highest BCUT2D eigenvalue weighted by molar-refractivity contribution is 6.01. The molecule has 7 nitrogen and oxygen atoms in total. The average Bonchev–Trinajstić information content (AvgIpc) is 3.12. The first-order valence-corrected chi connectivity index (χ1v) is 11.5. The van der Waals surface area contributed by atoms with Crippen molar-refractivity contribution in [2.75, 3.05) is 0 Å². The van der Waals surface area contributed by atoms with Crippen molar-refractivity contribution in [3.05, 3.63) is 66.1 Å². The molecule has 0 aliphatic rings. The molecular weight excluding hydrogens is 451 g/mol. The number of carbonyl (C=O) groups excluding carboxylic acids is 1. The minimum atomic E-state index is -1.17. The fraction of sp³-hybridized carbons (Fsp3) is 0.333. The van der Waals surface area contributed by atoms with Crippen molar-refractivity contribution in [2.24, 2.45) is 0 Å². The molecule has 0 bridgehead atoms. The summed E-state index contributed by atoms with van der Waals surface area (Å²) in [5, 5.41) is 32.9. The Hall–Kier alpha value is -3.49. The molecule has 0 unspecified atom stereocenters. The van der Waals surface area contributed by atoms with Crippen LogP contribution in [0.3, 0.4) is 0 Å². The maximum Gasteiger partial charge on any atom is 0.325 e. The number of carboxylic acids is 1. The second kappa shape index (κ2) is 11.3. The fourth-order valence-corrected chi connectivity index (χ4v) is 4.14. The van der Waals surface area contributed by atoms with Gasteiger partial charge >= 0.3 is 5.97 Å². The number of amides is 1. The first-order chi connectivity index (χ1) is 16.6. The molecule has 0 fully saturated rings. The zero-order valence-electron chi connectivity index (χ0n) is 20.0. The molecule has 8 heteroatoms. The number of fused-ring (bicyclic) bond motifs is 1. The van der Waals surface area contributed by atoms with Gasteiger partial charge in [-0.2, -0.15) is 0 Å². The normalized spacial score (nSPS) is 14.4. The van der Waals surface area contributed by atoms with E-state index in [0.717, 1.165) is 27.7 Å². The van der Waals surface area contributed by atoms with Crippen molar-refractivity contribution < 1.29 is 29.3 Å². The Balaban J connectivity index is 1.87. The van der Waals surface area contributed by atoms with Gasteiger partial charge in [0.1, 0.15) is 11.9 Å². The van der Waals surface area contributed by atoms with Crippen LogP contribution in [0.15, 0.2) is 54.6 Å². The number of benzene rings is 2. The quantitative estimate of drug-likeness (QED) is 0.347. The van der Waals surface area contributed by atoms with Gasteiger partial charge in [0, 0.05) is 34.6 Å². The van der Waals surface area contributed by atoms with Crippen LogP contribution in [0, 0.1) is 5.82 Å². The lowest BCUT2D eigenvalue weighted by molar-refractivity contribution is -0.141. The van der Waals surface area contributed by atoms with E-state index in [2.05, 4.69) is 23.7 Å². The Bertz CT molecular complexity index is 1220. The third-order valence-electron chi connectivity index (χ3n) is 5.76. The van der Waals surface area contributed by atoms with Gasteiger partial charge in [-0.05, 0) is 50.6 Å². The molecule has 186 valence electrons. The van der Waals surface area contributed by atoms with Crippen molar-refractivity contribution >= 4 is 28.9 Å². The predicted octanol–water partition coefficient (Wildman–Crippen LogP) is 4.13. The molecule has 0 saturated carbocycles. The second-order valence-electron chi connectivity index (χ2n) is 8.90. The highest BCUT2D eigenvalue weighted by Gasteiger charge is 2.20. The Morgan fingerprint density at radius 1 is 1.06 bits per heavy atom. The highest BCUT2D eigenvalue weighted by Crippen LogP contribution is 2.38. The van der Waals surface area contributed by atoms with Gasteiger partial charge in [-0.25, -0.2) is 4.39 Å². The molecule has 3 atom stereocenters. The van der Waals surface area contributed by atoms with Crippen LogP contribution in [0.4, 0.5) is 4.39 Å². The third kappa shape index (κ3) is 6.35. The van der Waals surface area contributed by atoms with Crippen molar-refractivity contribution in [1.29, 1.82) is 0 Å². The summed E-state index contributed by atoms with van der Waals surface area (Å²) in [4.78, 5) is 22.8. The number of carboxylic acid groups (broad SMARTS) is 1. The van der Waals surface area contributed by atoms with Gasteiger partial charge in [-0.1, -0.05) is 36.4 Å². The van der Waals surface area contributed by atoms with Crippen molar-refractivity contribution in [3.63, 3.8) is 0 Å². The van der Waals surface area contributed by atoms with Crippen molar-refractivity contribution in [1.82, 2.24) is 9.88 Å². The van der Waals surface area contributed by atoms with Crippen LogP contribution < -0.4 is 5.32 Å². The van der Waals surface area contributed by atoms with Crippen LogP contribution in [0.25, 0.3) is 28.1 Å². The number of aliphatic carboxylic acids is 1. The first kappa shape index (κ1) is 26.1. The first-order valence-electron chi connectivity index (χ1n) is 11.5. The second-order valence-corrected chi connectivity index (χ2v) is 8.90. The summed E-state index contributed by atoms with van der Waals surface area (Å²) in [7, 11) is 0. The van der Waals surface area contributed by atoms with Gasteiger partial charge in [-0.15, -0.1) is 0 Å². The maximum absolute atomic E-state index is 13.6. The summed E-state index contributed by atoms with van der Waals surface area (Å²) in [5.41, 5.74) is 3.57. The number of hydrogen-bond donors (Lipinski definition) is 4. The molecule has 0 saturated heterocycles. The van der Waals surface area contributed by atoms with Crippen LogP contribution in [-0.2, 0) is 9.59 Å². The lowest BCUT2D eigenvalue weighted by Crippen LogP contribution is -2.39. The van der Waals surface area contributed by atoms with Gasteiger partial charge in [-0.3, -0.25) is 9.59 Å². The Labute approximate surface area is 203 Å². The molecule has 0 radical (unpaired) electrons. The average molecular weight is 483 g/mol. The molecular formula is C27H31FN2O5. The number of aliphatic hydroxyl groups is 2. The molecule has 3 rings (SSSR count). The number of aromatic nitrogens is 1. The third-order valence-corrected chi connectivity index (χ3v) is 5.76. The smallest absolute Gasteiger partial charge is 0.325 e. The van der Waals surface area contributed by atoms with E-state index in [1.807, 2.05) is 24.3 Å². The molecule has 0 spiro atoms. The van der Waals surface area contributed by atoms with Crippen LogP contribution in [0.1, 0.15) is 45.3 Å². The van der Waals surface area contributed by atoms with Crippen LogP contribution in [-0.4, -0.2) is 50.0 Å². The fourth-order valence-electron chi connectivity index (χ4n) is 4.14. The summed E-state index contributed by atoms with van der Waals surface area (Å²) in [5.74, 6) is -2.11. The zero-order chi connectivity index (χ0) is 25.7. The number of hydrogen-bond acceptors (Lipinski definition) is 4. The molecule has 3 aromatic rings. The largest absolute Gasteiger partial charge is 0.480 e. The van der Waals surface area contributed by atoms with Crippen LogP contribution in [0.2, 0.25) is 0 Å². The SMILES string of the molecule is CC(C)n1c(/C=C/[C@H](O)C[C@H](O)CC(=O)N[C@@H](C)C(=O)O)c(-c2ccc(F)cc2)c2ccccc21. The molecule has 2 aromatic carbocycles. The standard InChI is InChI=1S/C27H31FN2O5/c1-16(2)30-23-7-5-4-6-22(23)26(18-8-10-19(28)11-9-18)24(30)13-12-20(31)14-21(32)15-25(33)29-17(3)27(34)35/h4-13,16-17,20-21,31-32H,14-15H2,1-3H3,(H,29,33)(H,34,35)/b13-12+/t17-,20-,21-/m0/s1. The molecule has 1 aromatic heterocycles. The van der Waals surface area contributed by atoms with Crippen molar-refractivity contribution in [3.8, 4) is 11.1 Å². The minimum absolute atomic E-state index is 0.0939.